The molecule has 2 rings (SSSR count). The molecule has 1 aromatic carbocycles. The van der Waals surface area contributed by atoms with Gasteiger partial charge in [-0.2, -0.15) is 0 Å². The van der Waals surface area contributed by atoms with Crippen molar-refractivity contribution in [2.45, 2.75) is 25.3 Å². The molecule has 7 heteroatoms. The number of rotatable bonds is 6. The molecule has 2 N–H and O–H groups in total. The van der Waals surface area contributed by atoms with Crippen LogP contribution in [0.4, 0.5) is 0 Å². The van der Waals surface area contributed by atoms with Crippen LogP contribution < -0.4 is 5.32 Å². The van der Waals surface area contributed by atoms with Crippen LogP contribution in [0.1, 0.15) is 40.0 Å². The van der Waals surface area contributed by atoms with Gasteiger partial charge >= 0.3 is 5.97 Å². The Balaban J connectivity index is 1.85. The maximum Gasteiger partial charge on any atom is 0.335 e. The first kappa shape index (κ1) is 17.9. The molecular weight excluding hydrogens is 312 g/mol. The summed E-state index contributed by atoms with van der Waals surface area (Å²) in [5, 5.41) is 11.9. The normalized spacial score (nSPS) is 15.1. The van der Waals surface area contributed by atoms with Crippen LogP contribution in [0.15, 0.2) is 24.3 Å². The lowest BCUT2D eigenvalue weighted by Crippen LogP contribution is -2.46. The molecule has 130 valence electrons. The summed E-state index contributed by atoms with van der Waals surface area (Å²) in [6.45, 7) is 1.61. The van der Waals surface area contributed by atoms with E-state index >= 15 is 0 Å². The van der Waals surface area contributed by atoms with E-state index in [1.54, 1.807) is 24.1 Å². The van der Waals surface area contributed by atoms with Crippen molar-refractivity contribution in [3.8, 4) is 0 Å². The van der Waals surface area contributed by atoms with E-state index in [0.717, 1.165) is 0 Å². The smallest absolute Gasteiger partial charge is 0.335 e. The molecule has 2 amide bonds. The number of nitrogens with one attached hydrogen (secondary N) is 1. The molecule has 7 nitrogen and oxygen atoms in total. The third-order valence-electron chi connectivity index (χ3n) is 4.07. The number of piperidine rings is 1. The fourth-order valence-electron chi connectivity index (χ4n) is 2.68. The van der Waals surface area contributed by atoms with Crippen molar-refractivity contribution in [1.29, 1.82) is 0 Å². The Morgan fingerprint density at radius 2 is 1.92 bits per heavy atom. The third-order valence-corrected chi connectivity index (χ3v) is 4.07. The molecule has 0 unspecified atom stereocenters. The Morgan fingerprint density at radius 1 is 1.25 bits per heavy atom. The lowest BCUT2D eigenvalue weighted by molar-refractivity contribution is -0.133. The predicted octanol–water partition coefficient (Wildman–Crippen LogP) is 1.14. The summed E-state index contributed by atoms with van der Waals surface area (Å²) in [5.74, 6) is -1.29. The highest BCUT2D eigenvalue weighted by molar-refractivity contribution is 5.97. The average molecular weight is 334 g/mol. The fraction of sp³-hybridized carbons (Fsp3) is 0.471. The molecule has 1 aliphatic heterocycles. The molecule has 24 heavy (non-hydrogen) atoms. The number of carboxylic acids is 1. The van der Waals surface area contributed by atoms with E-state index in [1.165, 1.54) is 12.1 Å². The number of benzene rings is 1. The van der Waals surface area contributed by atoms with Crippen LogP contribution in [0.2, 0.25) is 0 Å². The average Bonchev–Trinajstić information content (AvgIpc) is 2.60. The zero-order chi connectivity index (χ0) is 17.5. The number of nitrogens with zero attached hydrogens (tertiary/aromatic N) is 1. The zero-order valence-corrected chi connectivity index (χ0v) is 13.7. The van der Waals surface area contributed by atoms with Crippen molar-refractivity contribution in [3.63, 3.8) is 0 Å². The van der Waals surface area contributed by atoms with Gasteiger partial charge in [0.2, 0.25) is 5.91 Å². The Kier molecular flexibility index (Phi) is 6.31. The summed E-state index contributed by atoms with van der Waals surface area (Å²) in [6, 6.07) is 5.93. The molecule has 1 aliphatic rings. The van der Waals surface area contributed by atoms with Gasteiger partial charge in [-0.15, -0.1) is 0 Å². The molecule has 0 aromatic heterocycles. The molecule has 1 aromatic rings. The van der Waals surface area contributed by atoms with Gasteiger partial charge in [-0.1, -0.05) is 6.07 Å². The van der Waals surface area contributed by atoms with E-state index in [0.29, 0.717) is 44.5 Å². The summed E-state index contributed by atoms with van der Waals surface area (Å²) >= 11 is 0. The minimum Gasteiger partial charge on any atom is -0.478 e. The van der Waals surface area contributed by atoms with Gasteiger partial charge in [-0.3, -0.25) is 9.59 Å². The zero-order valence-electron chi connectivity index (χ0n) is 13.7. The van der Waals surface area contributed by atoms with Gasteiger partial charge < -0.3 is 20.1 Å². The fourth-order valence-corrected chi connectivity index (χ4v) is 2.68. The maximum absolute atomic E-state index is 12.2. The Morgan fingerprint density at radius 3 is 2.54 bits per heavy atom. The Bertz CT molecular complexity index is 609. The largest absolute Gasteiger partial charge is 0.478 e. The van der Waals surface area contributed by atoms with Crippen LogP contribution in [-0.4, -0.2) is 60.6 Å². The summed E-state index contributed by atoms with van der Waals surface area (Å²) in [4.78, 5) is 36.9. The van der Waals surface area contributed by atoms with E-state index in [1.807, 2.05) is 0 Å². The first-order chi connectivity index (χ1) is 11.5. The number of hydrogen-bond acceptors (Lipinski definition) is 4. The van der Waals surface area contributed by atoms with Crippen molar-refractivity contribution in [3.05, 3.63) is 35.4 Å². The van der Waals surface area contributed by atoms with E-state index < -0.39 is 5.97 Å². The number of hydrogen-bond donors (Lipinski definition) is 2. The van der Waals surface area contributed by atoms with E-state index in [2.05, 4.69) is 5.32 Å². The van der Waals surface area contributed by atoms with E-state index in [-0.39, 0.29) is 23.4 Å². The first-order valence-corrected chi connectivity index (χ1v) is 7.92. The highest BCUT2D eigenvalue weighted by Crippen LogP contribution is 2.13. The molecule has 0 spiro atoms. The van der Waals surface area contributed by atoms with Gasteiger partial charge in [0.25, 0.3) is 5.91 Å². The number of carbonyl (C=O) groups is 3. The van der Waals surface area contributed by atoms with Crippen LogP contribution in [0.25, 0.3) is 0 Å². The monoisotopic (exact) mass is 334 g/mol. The number of amides is 2. The number of aromatic carboxylic acids is 1. The summed E-state index contributed by atoms with van der Waals surface area (Å²) in [7, 11) is 1.56. The van der Waals surface area contributed by atoms with Crippen LogP contribution >= 0.6 is 0 Å². The van der Waals surface area contributed by atoms with Crippen molar-refractivity contribution < 1.29 is 24.2 Å². The standard InChI is InChI=1S/C17H22N2O5/c1-24-10-7-15(20)19-8-5-14(6-9-19)18-16(21)12-3-2-4-13(11-12)17(22)23/h2-4,11,14H,5-10H2,1H3,(H,18,21)(H,22,23). The van der Waals surface area contributed by atoms with Gasteiger partial charge in [0, 0.05) is 31.8 Å². The maximum atomic E-state index is 12.2. The highest BCUT2D eigenvalue weighted by Gasteiger charge is 2.24. The molecule has 1 heterocycles. The number of carboxylic acid groups (broad SMARTS) is 1. The van der Waals surface area contributed by atoms with Crippen LogP contribution in [-0.2, 0) is 9.53 Å². The number of ether oxygens (including phenoxy) is 1. The molecule has 0 atom stereocenters. The second-order valence-corrected chi connectivity index (χ2v) is 5.76. The quantitative estimate of drug-likeness (QED) is 0.813. The molecule has 1 fully saturated rings. The molecule has 0 saturated carbocycles. The van der Waals surface area contributed by atoms with Crippen LogP contribution in [0.5, 0.6) is 0 Å². The number of likely N-dealkylation sites (tertiary alicyclic amines) is 1. The summed E-state index contributed by atoms with van der Waals surface area (Å²) in [5.41, 5.74) is 0.412. The summed E-state index contributed by atoms with van der Waals surface area (Å²) in [6.07, 6.45) is 1.74. The molecule has 0 bridgehead atoms. The molecule has 0 aliphatic carbocycles. The Labute approximate surface area is 140 Å². The second kappa shape index (κ2) is 8.44. The van der Waals surface area contributed by atoms with Gasteiger partial charge in [-0.25, -0.2) is 4.79 Å². The highest BCUT2D eigenvalue weighted by atomic mass is 16.5. The lowest BCUT2D eigenvalue weighted by Gasteiger charge is -2.32. The van der Waals surface area contributed by atoms with E-state index in [9.17, 15) is 14.4 Å². The minimum atomic E-state index is -1.06. The van der Waals surface area contributed by atoms with Gasteiger partial charge in [0.05, 0.1) is 18.6 Å². The van der Waals surface area contributed by atoms with Gasteiger partial charge in [-0.05, 0) is 31.0 Å². The molecule has 1 saturated heterocycles. The molecule has 0 radical (unpaired) electrons. The van der Waals surface area contributed by atoms with Crippen molar-refractivity contribution in [1.82, 2.24) is 10.2 Å². The van der Waals surface area contributed by atoms with Crippen LogP contribution in [0, 0.1) is 0 Å². The number of methoxy groups -OCH3 is 1. The minimum absolute atomic E-state index is 0.0162. The number of carbonyl (C=O) groups excluding carboxylic acids is 2. The molecular formula is C17H22N2O5. The lowest BCUT2D eigenvalue weighted by atomic mass is 10.0. The van der Waals surface area contributed by atoms with Crippen molar-refractivity contribution in [2.75, 3.05) is 26.8 Å². The SMILES string of the molecule is COCCC(=O)N1CCC(NC(=O)c2cccc(C(=O)O)c2)CC1. The Hall–Kier alpha value is -2.41. The van der Waals surface area contributed by atoms with E-state index in [4.69, 9.17) is 9.84 Å². The van der Waals surface area contributed by atoms with Crippen LogP contribution in [0.3, 0.4) is 0 Å². The van der Waals surface area contributed by atoms with Gasteiger partial charge in [0.1, 0.15) is 0 Å². The topological polar surface area (TPSA) is 95.9 Å². The summed E-state index contributed by atoms with van der Waals surface area (Å²) < 4.78 is 4.91. The first-order valence-electron chi connectivity index (χ1n) is 7.92. The third kappa shape index (κ3) is 4.79. The van der Waals surface area contributed by atoms with Crippen molar-refractivity contribution in [2.24, 2.45) is 0 Å². The van der Waals surface area contributed by atoms with Crippen molar-refractivity contribution >= 4 is 17.8 Å². The predicted molar refractivity (Wildman–Crippen MR) is 87.0 cm³/mol. The second-order valence-electron chi connectivity index (χ2n) is 5.76. The van der Waals surface area contributed by atoms with Gasteiger partial charge in [0.15, 0.2) is 0 Å².